The summed E-state index contributed by atoms with van der Waals surface area (Å²) in [4.78, 5) is 12.2. The van der Waals surface area contributed by atoms with Crippen molar-refractivity contribution in [3.63, 3.8) is 0 Å². The fourth-order valence-electron chi connectivity index (χ4n) is 3.34. The maximum absolute atomic E-state index is 12.2. The number of rotatable bonds is 2. The van der Waals surface area contributed by atoms with Crippen molar-refractivity contribution in [3.05, 3.63) is 51.6 Å². The van der Waals surface area contributed by atoms with Gasteiger partial charge < -0.3 is 0 Å². The van der Waals surface area contributed by atoms with Crippen molar-refractivity contribution < 1.29 is 4.79 Å². The van der Waals surface area contributed by atoms with Gasteiger partial charge in [0.1, 0.15) is 0 Å². The van der Waals surface area contributed by atoms with E-state index in [1.54, 1.807) is 6.92 Å². The Morgan fingerprint density at radius 2 is 1.64 bits per heavy atom. The van der Waals surface area contributed by atoms with Gasteiger partial charge in [0.25, 0.3) is 0 Å². The Morgan fingerprint density at radius 1 is 1.05 bits per heavy atom. The van der Waals surface area contributed by atoms with Crippen molar-refractivity contribution in [3.8, 4) is 0 Å². The first-order chi connectivity index (χ1) is 10.1. The molecule has 0 N–H and O–H groups in total. The number of carbonyl (C=O) groups excluding carboxylic acids is 1. The number of ketones is 1. The first kappa shape index (κ1) is 16.7. The third-order valence-corrected chi connectivity index (χ3v) is 5.20. The molecule has 0 aromatic heterocycles. The lowest BCUT2D eigenvalue weighted by Crippen LogP contribution is -2.13. The number of Topliss-reactive ketones (excluding diaryl/α,β-unsaturated/α-hetero) is 1. The van der Waals surface area contributed by atoms with Gasteiger partial charge in [-0.15, -0.1) is 0 Å². The van der Waals surface area contributed by atoms with Crippen LogP contribution in [0.25, 0.3) is 5.57 Å². The second kappa shape index (κ2) is 5.53. The number of carbonyl (C=O) groups is 1. The highest BCUT2D eigenvalue weighted by molar-refractivity contribution is 6.00. The summed E-state index contributed by atoms with van der Waals surface area (Å²) in [5.74, 6) is 0.536. The van der Waals surface area contributed by atoms with Crippen LogP contribution in [0.5, 0.6) is 0 Å². The number of benzene rings is 1. The smallest absolute Gasteiger partial charge is 0.160 e. The summed E-state index contributed by atoms with van der Waals surface area (Å²) in [6.45, 7) is 17.0. The van der Waals surface area contributed by atoms with Crippen LogP contribution in [0, 0.1) is 5.92 Å². The van der Waals surface area contributed by atoms with E-state index >= 15 is 0 Å². The summed E-state index contributed by atoms with van der Waals surface area (Å²) in [7, 11) is 0. The lowest BCUT2D eigenvalue weighted by atomic mass is 9.81. The SMILES string of the molecule is CC(=O)c1cc(C(C)(C)C)ccc1C1=C(C)C(C)=C(C)C1C. The van der Waals surface area contributed by atoms with E-state index in [0.29, 0.717) is 5.92 Å². The second-order valence-corrected chi connectivity index (χ2v) is 7.63. The standard InChI is InChI=1S/C21H28O/c1-12-13(2)15(4)20(14(12)3)18-10-9-17(21(6,7)8)11-19(18)16(5)22/h9-11,14H,1-8H3. The third-order valence-electron chi connectivity index (χ3n) is 5.20. The number of hydrogen-bond acceptors (Lipinski definition) is 1. The van der Waals surface area contributed by atoms with Crippen LogP contribution in [0.4, 0.5) is 0 Å². The molecule has 0 amide bonds. The Morgan fingerprint density at radius 3 is 2.05 bits per heavy atom. The van der Waals surface area contributed by atoms with Crippen LogP contribution in [-0.4, -0.2) is 5.78 Å². The maximum Gasteiger partial charge on any atom is 0.160 e. The van der Waals surface area contributed by atoms with Gasteiger partial charge in [0.05, 0.1) is 0 Å². The van der Waals surface area contributed by atoms with E-state index in [2.05, 4.69) is 66.7 Å². The van der Waals surface area contributed by atoms with E-state index in [1.807, 2.05) is 0 Å². The highest BCUT2D eigenvalue weighted by Crippen LogP contribution is 2.43. The van der Waals surface area contributed by atoms with Gasteiger partial charge in [0.15, 0.2) is 5.78 Å². The second-order valence-electron chi connectivity index (χ2n) is 7.63. The summed E-state index contributed by atoms with van der Waals surface area (Å²) in [5, 5.41) is 0. The molecule has 0 radical (unpaired) electrons. The van der Waals surface area contributed by atoms with Crippen LogP contribution in [0.2, 0.25) is 0 Å². The quantitative estimate of drug-likeness (QED) is 0.617. The summed E-state index contributed by atoms with van der Waals surface area (Å²) in [6, 6.07) is 6.42. The van der Waals surface area contributed by atoms with Crippen molar-refractivity contribution in [2.75, 3.05) is 0 Å². The Labute approximate surface area is 135 Å². The van der Waals surface area contributed by atoms with Crippen LogP contribution in [0.15, 0.2) is 34.9 Å². The average molecular weight is 296 g/mol. The lowest BCUT2D eigenvalue weighted by molar-refractivity contribution is 0.101. The highest BCUT2D eigenvalue weighted by Gasteiger charge is 2.27. The molecule has 0 aliphatic heterocycles. The highest BCUT2D eigenvalue weighted by atomic mass is 16.1. The Hall–Kier alpha value is -1.63. The first-order valence-corrected chi connectivity index (χ1v) is 8.10. The minimum absolute atomic E-state index is 0.0531. The number of hydrogen-bond donors (Lipinski definition) is 0. The third kappa shape index (κ3) is 2.69. The van der Waals surface area contributed by atoms with E-state index in [0.717, 1.165) is 11.1 Å². The van der Waals surface area contributed by atoms with Crippen LogP contribution < -0.4 is 0 Å². The van der Waals surface area contributed by atoms with Crippen LogP contribution in [-0.2, 0) is 5.41 Å². The van der Waals surface area contributed by atoms with Gasteiger partial charge in [0, 0.05) is 11.5 Å². The molecule has 2 rings (SSSR count). The van der Waals surface area contributed by atoms with Crippen molar-refractivity contribution in [1.29, 1.82) is 0 Å². The largest absolute Gasteiger partial charge is 0.294 e. The van der Waals surface area contributed by atoms with Crippen molar-refractivity contribution in [1.82, 2.24) is 0 Å². The molecule has 1 aliphatic rings. The molecule has 118 valence electrons. The van der Waals surface area contributed by atoms with E-state index in [9.17, 15) is 4.79 Å². The molecule has 1 heteroatoms. The van der Waals surface area contributed by atoms with E-state index < -0.39 is 0 Å². The lowest BCUT2D eigenvalue weighted by Gasteiger charge is -2.22. The molecule has 0 bridgehead atoms. The molecule has 0 fully saturated rings. The fraction of sp³-hybridized carbons (Fsp3) is 0.476. The first-order valence-electron chi connectivity index (χ1n) is 8.10. The molecule has 0 saturated carbocycles. The van der Waals surface area contributed by atoms with Gasteiger partial charge in [-0.1, -0.05) is 45.4 Å². The molecular formula is C21H28O. The zero-order chi connectivity index (χ0) is 16.8. The molecule has 1 unspecified atom stereocenters. The summed E-state index contributed by atoms with van der Waals surface area (Å²) < 4.78 is 0. The minimum Gasteiger partial charge on any atom is -0.294 e. The predicted octanol–water partition coefficient (Wildman–Crippen LogP) is 5.95. The molecule has 1 aliphatic carbocycles. The van der Waals surface area contributed by atoms with E-state index in [-0.39, 0.29) is 11.2 Å². The molecule has 1 atom stereocenters. The topological polar surface area (TPSA) is 17.1 Å². The fourth-order valence-corrected chi connectivity index (χ4v) is 3.34. The molecule has 22 heavy (non-hydrogen) atoms. The number of allylic oxidation sites excluding steroid dienone is 4. The normalized spacial score (nSPS) is 19.2. The van der Waals surface area contributed by atoms with Crippen molar-refractivity contribution in [2.24, 2.45) is 5.92 Å². The molecule has 1 nitrogen and oxygen atoms in total. The van der Waals surface area contributed by atoms with Gasteiger partial charge in [0.2, 0.25) is 0 Å². The molecule has 1 aromatic carbocycles. The van der Waals surface area contributed by atoms with Crippen molar-refractivity contribution in [2.45, 2.75) is 60.8 Å². The zero-order valence-electron chi connectivity index (χ0n) is 15.2. The van der Waals surface area contributed by atoms with Gasteiger partial charge in [-0.2, -0.15) is 0 Å². The maximum atomic E-state index is 12.2. The van der Waals surface area contributed by atoms with Gasteiger partial charge in [-0.25, -0.2) is 0 Å². The average Bonchev–Trinajstić information content (AvgIpc) is 2.61. The summed E-state index contributed by atoms with van der Waals surface area (Å²) in [6.07, 6.45) is 0. The van der Waals surface area contributed by atoms with Crippen molar-refractivity contribution >= 4 is 11.4 Å². The zero-order valence-corrected chi connectivity index (χ0v) is 15.2. The summed E-state index contributed by atoms with van der Waals surface area (Å²) >= 11 is 0. The Bertz CT molecular complexity index is 693. The van der Waals surface area contributed by atoms with Gasteiger partial charge in [-0.3, -0.25) is 4.79 Å². The summed E-state index contributed by atoms with van der Waals surface area (Å²) in [5.41, 5.74) is 8.68. The monoisotopic (exact) mass is 296 g/mol. The van der Waals surface area contributed by atoms with Gasteiger partial charge in [-0.05, 0) is 67.0 Å². The molecule has 0 saturated heterocycles. The predicted molar refractivity (Wildman–Crippen MR) is 95.3 cm³/mol. The van der Waals surface area contributed by atoms with Crippen LogP contribution >= 0.6 is 0 Å². The van der Waals surface area contributed by atoms with Crippen LogP contribution in [0.3, 0.4) is 0 Å². The van der Waals surface area contributed by atoms with Gasteiger partial charge >= 0.3 is 0 Å². The molecule has 0 spiro atoms. The Kier molecular flexibility index (Phi) is 4.21. The molecule has 1 aromatic rings. The van der Waals surface area contributed by atoms with E-state index in [1.165, 1.54) is 27.9 Å². The molecule has 0 heterocycles. The minimum atomic E-state index is 0.0531. The van der Waals surface area contributed by atoms with E-state index in [4.69, 9.17) is 0 Å². The Balaban J connectivity index is 2.66. The van der Waals surface area contributed by atoms with Crippen LogP contribution in [0.1, 0.15) is 76.9 Å². The molecular weight excluding hydrogens is 268 g/mol.